The van der Waals surface area contributed by atoms with Crippen molar-refractivity contribution in [3.05, 3.63) is 70.8 Å². The summed E-state index contributed by atoms with van der Waals surface area (Å²) in [7, 11) is 0. The van der Waals surface area contributed by atoms with Gasteiger partial charge in [0.2, 0.25) is 0 Å². The van der Waals surface area contributed by atoms with Crippen molar-refractivity contribution in [3.63, 3.8) is 0 Å². The van der Waals surface area contributed by atoms with Crippen LogP contribution in [0.4, 0.5) is 8.78 Å². The Labute approximate surface area is 117 Å². The minimum absolute atomic E-state index is 0.234. The third-order valence-corrected chi connectivity index (χ3v) is 3.22. The van der Waals surface area contributed by atoms with Crippen molar-refractivity contribution >= 4 is 0 Å². The molecular formula is C16H17F2NO. The lowest BCUT2D eigenvalue weighted by Crippen LogP contribution is -2.22. The molecule has 0 fully saturated rings. The monoisotopic (exact) mass is 277 g/mol. The second-order valence-electron chi connectivity index (χ2n) is 4.74. The summed E-state index contributed by atoms with van der Waals surface area (Å²) >= 11 is 0. The van der Waals surface area contributed by atoms with Crippen LogP contribution < -0.4 is 5.32 Å². The van der Waals surface area contributed by atoms with Gasteiger partial charge in [0.1, 0.15) is 11.6 Å². The van der Waals surface area contributed by atoms with Gasteiger partial charge in [-0.1, -0.05) is 24.3 Å². The molecule has 0 aliphatic rings. The summed E-state index contributed by atoms with van der Waals surface area (Å²) in [5.74, 6) is -0.683. The Morgan fingerprint density at radius 3 is 2.60 bits per heavy atom. The van der Waals surface area contributed by atoms with Crippen LogP contribution in [0.5, 0.6) is 0 Å². The van der Waals surface area contributed by atoms with E-state index in [4.69, 9.17) is 0 Å². The molecule has 2 rings (SSSR count). The zero-order chi connectivity index (χ0) is 14.5. The first-order valence-electron chi connectivity index (χ1n) is 6.46. The number of aliphatic hydroxyl groups is 1. The predicted molar refractivity (Wildman–Crippen MR) is 74.2 cm³/mol. The van der Waals surface area contributed by atoms with E-state index in [9.17, 15) is 13.9 Å². The summed E-state index contributed by atoms with van der Waals surface area (Å²) in [5, 5.41) is 13.0. The Hall–Kier alpha value is -1.78. The van der Waals surface area contributed by atoms with Gasteiger partial charge in [0.05, 0.1) is 6.10 Å². The Bertz CT molecular complexity index is 586. The number of nitrogens with one attached hydrogen (secondary N) is 1. The smallest absolute Gasteiger partial charge is 0.129 e. The molecule has 0 saturated heterocycles. The highest BCUT2D eigenvalue weighted by Crippen LogP contribution is 2.16. The molecule has 0 aliphatic heterocycles. The highest BCUT2D eigenvalue weighted by molar-refractivity contribution is 5.26. The molecule has 2 nitrogen and oxygen atoms in total. The molecule has 2 aromatic carbocycles. The summed E-state index contributed by atoms with van der Waals surface area (Å²) in [6.45, 7) is 2.56. The average Bonchev–Trinajstić information content (AvgIpc) is 2.41. The van der Waals surface area contributed by atoms with Gasteiger partial charge in [-0.25, -0.2) is 8.78 Å². The van der Waals surface area contributed by atoms with E-state index in [1.54, 1.807) is 24.3 Å². The number of aliphatic hydroxyl groups excluding tert-OH is 1. The fourth-order valence-electron chi connectivity index (χ4n) is 2.06. The Kier molecular flexibility index (Phi) is 4.82. The first kappa shape index (κ1) is 14.6. The van der Waals surface area contributed by atoms with Gasteiger partial charge in [0.15, 0.2) is 0 Å². The Morgan fingerprint density at radius 1 is 1.15 bits per heavy atom. The normalized spacial score (nSPS) is 12.4. The first-order chi connectivity index (χ1) is 9.58. The molecule has 2 aromatic rings. The summed E-state index contributed by atoms with van der Waals surface area (Å²) in [5.41, 5.74) is 2.07. The third kappa shape index (κ3) is 3.62. The van der Waals surface area contributed by atoms with E-state index in [1.165, 1.54) is 18.2 Å². The van der Waals surface area contributed by atoms with Gasteiger partial charge in [-0.3, -0.25) is 0 Å². The van der Waals surface area contributed by atoms with Gasteiger partial charge in [-0.05, 0) is 36.2 Å². The molecule has 2 N–H and O–H groups in total. The largest absolute Gasteiger partial charge is 0.387 e. The summed E-state index contributed by atoms with van der Waals surface area (Å²) < 4.78 is 26.4. The minimum atomic E-state index is -0.906. The first-order valence-corrected chi connectivity index (χ1v) is 6.46. The van der Waals surface area contributed by atoms with Crippen LogP contribution in [0.3, 0.4) is 0 Å². The quantitative estimate of drug-likeness (QED) is 0.880. The van der Waals surface area contributed by atoms with Gasteiger partial charge in [0.25, 0.3) is 0 Å². The Balaban J connectivity index is 1.91. The summed E-state index contributed by atoms with van der Waals surface area (Å²) in [6, 6.07) is 10.7. The van der Waals surface area contributed by atoms with E-state index in [0.29, 0.717) is 6.54 Å². The van der Waals surface area contributed by atoms with Crippen molar-refractivity contribution in [2.24, 2.45) is 0 Å². The summed E-state index contributed by atoms with van der Waals surface area (Å²) in [6.07, 6.45) is -0.906. The van der Waals surface area contributed by atoms with Crippen molar-refractivity contribution in [2.75, 3.05) is 6.54 Å². The second-order valence-corrected chi connectivity index (χ2v) is 4.74. The van der Waals surface area contributed by atoms with Crippen molar-refractivity contribution in [1.29, 1.82) is 0 Å². The number of hydrogen-bond acceptors (Lipinski definition) is 2. The van der Waals surface area contributed by atoms with Crippen molar-refractivity contribution in [2.45, 2.75) is 19.6 Å². The third-order valence-electron chi connectivity index (χ3n) is 3.22. The standard InChI is InChI=1S/C16H17F2NO/c1-11-8-13(17)7-6-12(11)9-19-10-16(20)14-4-2-3-5-15(14)18/h2-8,16,19-20H,9-10H2,1H3. The maximum absolute atomic E-state index is 13.5. The molecule has 0 bridgehead atoms. The van der Waals surface area contributed by atoms with Crippen LogP contribution in [0.1, 0.15) is 22.8 Å². The molecule has 0 amide bonds. The lowest BCUT2D eigenvalue weighted by molar-refractivity contribution is 0.169. The summed E-state index contributed by atoms with van der Waals surface area (Å²) in [4.78, 5) is 0. The lowest BCUT2D eigenvalue weighted by atomic mass is 10.1. The zero-order valence-corrected chi connectivity index (χ0v) is 11.2. The minimum Gasteiger partial charge on any atom is -0.387 e. The average molecular weight is 277 g/mol. The lowest BCUT2D eigenvalue weighted by Gasteiger charge is -2.14. The van der Waals surface area contributed by atoms with Crippen LogP contribution in [-0.2, 0) is 6.54 Å². The molecule has 1 unspecified atom stereocenters. The second kappa shape index (κ2) is 6.59. The molecule has 0 aliphatic carbocycles. The molecule has 0 spiro atoms. The topological polar surface area (TPSA) is 32.3 Å². The number of halogens is 2. The molecule has 4 heteroatoms. The van der Waals surface area contributed by atoms with Gasteiger partial charge in [-0.2, -0.15) is 0 Å². The number of hydrogen-bond donors (Lipinski definition) is 2. The van der Waals surface area contributed by atoms with E-state index in [1.807, 2.05) is 6.92 Å². The van der Waals surface area contributed by atoms with Crippen LogP contribution in [0.2, 0.25) is 0 Å². The van der Waals surface area contributed by atoms with Crippen molar-refractivity contribution < 1.29 is 13.9 Å². The highest BCUT2D eigenvalue weighted by Gasteiger charge is 2.11. The van der Waals surface area contributed by atoms with E-state index < -0.39 is 11.9 Å². The van der Waals surface area contributed by atoms with E-state index in [0.717, 1.165) is 11.1 Å². The van der Waals surface area contributed by atoms with Crippen LogP contribution in [-0.4, -0.2) is 11.7 Å². The van der Waals surface area contributed by atoms with E-state index in [-0.39, 0.29) is 17.9 Å². The van der Waals surface area contributed by atoms with Crippen molar-refractivity contribution in [1.82, 2.24) is 5.32 Å². The Morgan fingerprint density at radius 2 is 1.90 bits per heavy atom. The number of benzene rings is 2. The molecule has 106 valence electrons. The molecular weight excluding hydrogens is 260 g/mol. The maximum Gasteiger partial charge on any atom is 0.129 e. The van der Waals surface area contributed by atoms with Gasteiger partial charge >= 0.3 is 0 Å². The van der Waals surface area contributed by atoms with E-state index >= 15 is 0 Å². The van der Waals surface area contributed by atoms with Crippen molar-refractivity contribution in [3.8, 4) is 0 Å². The zero-order valence-electron chi connectivity index (χ0n) is 11.2. The van der Waals surface area contributed by atoms with E-state index in [2.05, 4.69) is 5.32 Å². The maximum atomic E-state index is 13.5. The van der Waals surface area contributed by atoms with Crippen LogP contribution in [0, 0.1) is 18.6 Å². The molecule has 0 aromatic heterocycles. The van der Waals surface area contributed by atoms with Gasteiger partial charge in [-0.15, -0.1) is 0 Å². The SMILES string of the molecule is Cc1cc(F)ccc1CNCC(O)c1ccccc1F. The number of aryl methyl sites for hydroxylation is 1. The fraction of sp³-hybridized carbons (Fsp3) is 0.250. The highest BCUT2D eigenvalue weighted by atomic mass is 19.1. The molecule has 1 atom stereocenters. The molecule has 0 saturated carbocycles. The number of rotatable bonds is 5. The van der Waals surface area contributed by atoms with Crippen LogP contribution in [0.15, 0.2) is 42.5 Å². The molecule has 0 heterocycles. The predicted octanol–water partition coefficient (Wildman–Crippen LogP) is 3.10. The fourth-order valence-corrected chi connectivity index (χ4v) is 2.06. The van der Waals surface area contributed by atoms with Crippen LogP contribution >= 0.6 is 0 Å². The molecule has 0 radical (unpaired) electrons. The van der Waals surface area contributed by atoms with Crippen LogP contribution in [0.25, 0.3) is 0 Å². The molecule has 20 heavy (non-hydrogen) atoms. The van der Waals surface area contributed by atoms with Gasteiger partial charge < -0.3 is 10.4 Å². The van der Waals surface area contributed by atoms with Gasteiger partial charge in [0, 0.05) is 18.7 Å².